The summed E-state index contributed by atoms with van der Waals surface area (Å²) in [5.74, 6) is 1.39. The number of nitrogens with zero attached hydrogens (tertiary/aromatic N) is 6. The fourth-order valence-corrected chi connectivity index (χ4v) is 3.71. The van der Waals surface area contributed by atoms with Crippen LogP contribution >= 0.6 is 35.3 Å². The Morgan fingerprint density at radius 2 is 2.04 bits per heavy atom. The third kappa shape index (κ3) is 5.18. The zero-order chi connectivity index (χ0) is 18.5. The maximum Gasteiger partial charge on any atom is 0.293 e. The summed E-state index contributed by atoms with van der Waals surface area (Å²) >= 11 is 1.73. The molecule has 10 heteroatoms. The second-order valence-corrected chi connectivity index (χ2v) is 7.32. The lowest BCUT2D eigenvalue weighted by Crippen LogP contribution is -2.53. The molecule has 1 fully saturated rings. The van der Waals surface area contributed by atoms with Gasteiger partial charge in [-0.25, -0.2) is 9.97 Å². The SMILES string of the molecule is CCc1cnc(CNC(=NC)N2CCN(c3nccn(C)c3=O)CC2)s1.I. The molecule has 0 aromatic carbocycles. The maximum atomic E-state index is 12.2. The summed E-state index contributed by atoms with van der Waals surface area (Å²) in [6.45, 7) is 5.87. The molecule has 148 valence electrons. The van der Waals surface area contributed by atoms with Gasteiger partial charge in [0.1, 0.15) is 5.01 Å². The summed E-state index contributed by atoms with van der Waals surface area (Å²) in [7, 11) is 3.54. The number of guanidine groups is 1. The maximum absolute atomic E-state index is 12.2. The number of aryl methyl sites for hydroxylation is 2. The van der Waals surface area contributed by atoms with E-state index in [2.05, 4.69) is 32.1 Å². The van der Waals surface area contributed by atoms with Crippen molar-refractivity contribution in [3.05, 3.63) is 38.8 Å². The van der Waals surface area contributed by atoms with Gasteiger partial charge in [-0.3, -0.25) is 9.79 Å². The first-order valence-corrected chi connectivity index (χ1v) is 9.59. The Hall–Kier alpha value is -1.69. The molecule has 0 aliphatic carbocycles. The van der Waals surface area contributed by atoms with E-state index in [0.29, 0.717) is 12.4 Å². The van der Waals surface area contributed by atoms with Gasteiger partial charge < -0.3 is 19.7 Å². The minimum Gasteiger partial charge on any atom is -0.350 e. The Morgan fingerprint density at radius 3 is 2.67 bits per heavy atom. The number of nitrogens with one attached hydrogen (secondary N) is 1. The Bertz CT molecular complexity index is 827. The number of aromatic nitrogens is 3. The van der Waals surface area contributed by atoms with Crippen LogP contribution in [0.3, 0.4) is 0 Å². The van der Waals surface area contributed by atoms with E-state index in [1.54, 1.807) is 42.4 Å². The molecule has 1 N–H and O–H groups in total. The van der Waals surface area contributed by atoms with Crippen molar-refractivity contribution in [2.24, 2.45) is 12.0 Å². The monoisotopic (exact) mass is 503 g/mol. The Kier molecular flexibility index (Phi) is 8.02. The van der Waals surface area contributed by atoms with Gasteiger partial charge in [0.2, 0.25) is 0 Å². The predicted octanol–water partition coefficient (Wildman–Crippen LogP) is 1.31. The Balaban J connectivity index is 0.00000261. The molecule has 2 aromatic rings. The van der Waals surface area contributed by atoms with E-state index >= 15 is 0 Å². The summed E-state index contributed by atoms with van der Waals surface area (Å²) in [5.41, 5.74) is -0.0565. The number of piperazine rings is 1. The number of anilines is 1. The van der Waals surface area contributed by atoms with Crippen LogP contribution in [0.2, 0.25) is 0 Å². The summed E-state index contributed by atoms with van der Waals surface area (Å²) in [4.78, 5) is 30.9. The van der Waals surface area contributed by atoms with E-state index in [1.165, 1.54) is 4.88 Å². The lowest BCUT2D eigenvalue weighted by Gasteiger charge is -2.36. The van der Waals surface area contributed by atoms with Crippen molar-refractivity contribution < 1.29 is 0 Å². The lowest BCUT2D eigenvalue weighted by molar-refractivity contribution is 0.370. The lowest BCUT2D eigenvalue weighted by atomic mass is 10.3. The van der Waals surface area contributed by atoms with E-state index in [4.69, 9.17) is 0 Å². The first kappa shape index (κ1) is 21.6. The second kappa shape index (κ2) is 10.0. The molecule has 27 heavy (non-hydrogen) atoms. The largest absolute Gasteiger partial charge is 0.350 e. The minimum atomic E-state index is -0.0565. The van der Waals surface area contributed by atoms with Crippen LogP contribution in [0.1, 0.15) is 16.8 Å². The van der Waals surface area contributed by atoms with Gasteiger partial charge in [0.25, 0.3) is 5.56 Å². The summed E-state index contributed by atoms with van der Waals surface area (Å²) < 4.78 is 1.56. The number of thiazole rings is 1. The van der Waals surface area contributed by atoms with Gasteiger partial charge >= 0.3 is 0 Å². The van der Waals surface area contributed by atoms with Crippen molar-refractivity contribution in [2.45, 2.75) is 19.9 Å². The second-order valence-electron chi connectivity index (χ2n) is 6.12. The number of rotatable bonds is 4. The van der Waals surface area contributed by atoms with E-state index in [-0.39, 0.29) is 29.5 Å². The zero-order valence-electron chi connectivity index (χ0n) is 15.9. The highest BCUT2D eigenvalue weighted by atomic mass is 127. The highest BCUT2D eigenvalue weighted by Crippen LogP contribution is 2.13. The molecule has 8 nitrogen and oxygen atoms in total. The van der Waals surface area contributed by atoms with Gasteiger partial charge in [0.05, 0.1) is 6.54 Å². The molecule has 0 unspecified atom stereocenters. The summed E-state index contributed by atoms with van der Waals surface area (Å²) in [6.07, 6.45) is 6.30. The highest BCUT2D eigenvalue weighted by Gasteiger charge is 2.22. The molecule has 0 amide bonds. The van der Waals surface area contributed by atoms with Crippen molar-refractivity contribution in [2.75, 3.05) is 38.1 Å². The highest BCUT2D eigenvalue weighted by molar-refractivity contribution is 14.0. The Morgan fingerprint density at radius 1 is 1.30 bits per heavy atom. The molecule has 0 spiro atoms. The van der Waals surface area contributed by atoms with Crippen LogP contribution in [-0.4, -0.2) is 58.6 Å². The summed E-state index contributed by atoms with van der Waals surface area (Å²) in [5, 5.41) is 4.46. The smallest absolute Gasteiger partial charge is 0.293 e. The average Bonchev–Trinajstić information content (AvgIpc) is 3.13. The van der Waals surface area contributed by atoms with Crippen molar-refractivity contribution in [3.63, 3.8) is 0 Å². The average molecular weight is 503 g/mol. The van der Waals surface area contributed by atoms with Crippen molar-refractivity contribution in [1.29, 1.82) is 0 Å². The molecule has 1 saturated heterocycles. The molecule has 0 atom stereocenters. The zero-order valence-corrected chi connectivity index (χ0v) is 19.0. The van der Waals surface area contributed by atoms with Crippen LogP contribution in [0.5, 0.6) is 0 Å². The van der Waals surface area contributed by atoms with Gasteiger partial charge in [-0.05, 0) is 6.42 Å². The van der Waals surface area contributed by atoms with E-state index in [9.17, 15) is 4.79 Å². The van der Waals surface area contributed by atoms with Crippen LogP contribution in [0.15, 0.2) is 28.4 Å². The van der Waals surface area contributed by atoms with Crippen molar-refractivity contribution in [3.8, 4) is 0 Å². The molecule has 0 saturated carbocycles. The third-order valence-electron chi connectivity index (χ3n) is 4.44. The molecule has 0 bridgehead atoms. The van der Waals surface area contributed by atoms with Gasteiger partial charge in [0, 0.05) is 63.7 Å². The van der Waals surface area contributed by atoms with E-state index < -0.39 is 0 Å². The van der Waals surface area contributed by atoms with Crippen LogP contribution in [-0.2, 0) is 20.0 Å². The molecule has 2 aromatic heterocycles. The Labute approximate surface area is 180 Å². The van der Waals surface area contributed by atoms with Crippen LogP contribution in [0.4, 0.5) is 5.82 Å². The van der Waals surface area contributed by atoms with E-state index in [1.807, 2.05) is 11.1 Å². The topological polar surface area (TPSA) is 78.7 Å². The van der Waals surface area contributed by atoms with Crippen molar-refractivity contribution >= 4 is 47.1 Å². The van der Waals surface area contributed by atoms with Gasteiger partial charge in [0.15, 0.2) is 11.8 Å². The van der Waals surface area contributed by atoms with Gasteiger partial charge in [-0.1, -0.05) is 6.92 Å². The molecule has 3 heterocycles. The number of hydrogen-bond acceptors (Lipinski definition) is 6. The van der Waals surface area contributed by atoms with Gasteiger partial charge in [-0.2, -0.15) is 0 Å². The quantitative estimate of drug-likeness (QED) is 0.385. The fourth-order valence-electron chi connectivity index (χ4n) is 2.91. The minimum absolute atomic E-state index is 0. The van der Waals surface area contributed by atoms with Crippen LogP contribution in [0, 0.1) is 0 Å². The van der Waals surface area contributed by atoms with Crippen molar-refractivity contribution in [1.82, 2.24) is 24.8 Å². The fraction of sp³-hybridized carbons (Fsp3) is 0.529. The molecule has 3 rings (SSSR count). The van der Waals surface area contributed by atoms with Gasteiger partial charge in [-0.15, -0.1) is 35.3 Å². The van der Waals surface area contributed by atoms with E-state index in [0.717, 1.165) is 43.6 Å². The number of aliphatic imine (C=N–C) groups is 1. The third-order valence-corrected chi connectivity index (χ3v) is 5.58. The number of halogens is 1. The normalized spacial score (nSPS) is 14.9. The summed E-state index contributed by atoms with van der Waals surface area (Å²) in [6, 6.07) is 0. The first-order valence-electron chi connectivity index (χ1n) is 8.78. The molecular formula is C17H26IN7OS. The number of hydrogen-bond donors (Lipinski definition) is 1. The first-order chi connectivity index (χ1) is 12.6. The molecule has 0 radical (unpaired) electrons. The predicted molar refractivity (Wildman–Crippen MR) is 120 cm³/mol. The molecule has 1 aliphatic rings. The van der Waals surface area contributed by atoms with Crippen LogP contribution < -0.4 is 15.8 Å². The molecule has 1 aliphatic heterocycles. The standard InChI is InChI=1S/C17H25N7OS.HI/c1-4-13-11-20-14(26-13)12-21-17(18-2)24-9-7-23(8-10-24)15-16(25)22(3)6-5-19-15;/h5-6,11H,4,7-10,12H2,1-3H3,(H,18,21);1H. The molecular weight excluding hydrogens is 477 g/mol. The van der Waals surface area contributed by atoms with Crippen LogP contribution in [0.25, 0.3) is 0 Å².